The van der Waals surface area contributed by atoms with Crippen molar-refractivity contribution in [3.8, 4) is 22.5 Å². The van der Waals surface area contributed by atoms with Gasteiger partial charge in [-0.25, -0.2) is 9.97 Å². The normalized spacial score (nSPS) is 12.2. The van der Waals surface area contributed by atoms with Gasteiger partial charge >= 0.3 is 0 Å². The number of hydrogen-bond donors (Lipinski definition) is 0. The molecule has 0 aliphatic heterocycles. The van der Waals surface area contributed by atoms with E-state index in [1.165, 1.54) is 40.3 Å². The second kappa shape index (κ2) is 8.67. The molecule has 0 saturated carbocycles. The lowest BCUT2D eigenvalue weighted by molar-refractivity contribution is 1.20. The second-order valence-electron chi connectivity index (χ2n) is 10.9. The molecule has 0 N–H and O–H groups in total. The highest BCUT2D eigenvalue weighted by molar-refractivity contribution is 7.26. The predicted octanol–water partition coefficient (Wildman–Crippen LogP) is 10.5. The Balaban J connectivity index is 1.38. The molecule has 0 bridgehead atoms. The van der Waals surface area contributed by atoms with Crippen molar-refractivity contribution in [3.05, 3.63) is 122 Å². The summed E-state index contributed by atoms with van der Waals surface area (Å²) in [4.78, 5) is 15.1. The molecule has 4 aromatic carbocycles. The van der Waals surface area contributed by atoms with Crippen molar-refractivity contribution in [3.63, 3.8) is 0 Å². The number of thiophene rings is 2. The monoisotopic (exact) mass is 584 g/mol. The van der Waals surface area contributed by atoms with Crippen LogP contribution in [0.4, 0.5) is 0 Å². The molecule has 0 aliphatic carbocycles. The molecule has 6 heteroatoms. The highest BCUT2D eigenvalue weighted by Gasteiger charge is 2.23. The highest BCUT2D eigenvalue weighted by atomic mass is 32.1. The molecule has 0 fully saturated rings. The maximum absolute atomic E-state index is 5.43. The van der Waals surface area contributed by atoms with E-state index in [9.17, 15) is 0 Å². The molecule has 6 aromatic heterocycles. The Bertz CT molecular complexity index is 2750. The van der Waals surface area contributed by atoms with Crippen molar-refractivity contribution in [2.24, 2.45) is 0 Å². The number of imidazole rings is 1. The van der Waals surface area contributed by atoms with Gasteiger partial charge in [0.1, 0.15) is 11.3 Å². The van der Waals surface area contributed by atoms with Gasteiger partial charge in [-0.1, -0.05) is 48.5 Å². The Morgan fingerprint density at radius 3 is 1.74 bits per heavy atom. The molecule has 0 saturated heterocycles. The van der Waals surface area contributed by atoms with Gasteiger partial charge in [-0.15, -0.1) is 22.7 Å². The average Bonchev–Trinajstić information content (AvgIpc) is 3.76. The number of nitrogens with zero attached hydrogens (tertiary/aromatic N) is 4. The second-order valence-corrected chi connectivity index (χ2v) is 13.0. The van der Waals surface area contributed by atoms with Gasteiger partial charge in [0, 0.05) is 74.6 Å². The van der Waals surface area contributed by atoms with Gasteiger partial charge in [-0.2, -0.15) is 0 Å². The molecular formula is C37H20N4S2. The largest absolute Gasteiger partial charge is 0.275 e. The van der Waals surface area contributed by atoms with Gasteiger partial charge < -0.3 is 0 Å². The van der Waals surface area contributed by atoms with E-state index in [2.05, 4.69) is 101 Å². The lowest BCUT2D eigenvalue weighted by Crippen LogP contribution is -1.97. The van der Waals surface area contributed by atoms with Crippen LogP contribution in [0.1, 0.15) is 0 Å². The lowest BCUT2D eigenvalue weighted by atomic mass is 10.0. The number of fused-ring (bicyclic) bond motifs is 12. The summed E-state index contributed by atoms with van der Waals surface area (Å²) in [6, 6.07) is 39.1. The van der Waals surface area contributed by atoms with Crippen LogP contribution >= 0.6 is 22.7 Å². The fourth-order valence-corrected chi connectivity index (χ4v) is 8.75. The van der Waals surface area contributed by atoms with Crippen molar-refractivity contribution in [2.45, 2.75) is 0 Å². The first-order valence-electron chi connectivity index (χ1n) is 14.2. The zero-order valence-electron chi connectivity index (χ0n) is 22.7. The maximum atomic E-state index is 5.43. The molecule has 10 aromatic rings. The minimum absolute atomic E-state index is 0.856. The third-order valence-electron chi connectivity index (χ3n) is 8.48. The molecule has 0 radical (unpaired) electrons. The SMILES string of the molecule is c1ccc2c(c1)sc1ccc(-c3nc4c5cccnc5c5cccnc5n4c3-c3ccc4sc5ccccc5c4c3)cc12. The molecule has 0 unspecified atom stereocenters. The maximum Gasteiger partial charge on any atom is 0.149 e. The fraction of sp³-hybridized carbons (Fsp3) is 0. The Kier molecular flexibility index (Phi) is 4.72. The number of hydrogen-bond acceptors (Lipinski definition) is 5. The van der Waals surface area contributed by atoms with Crippen molar-refractivity contribution < 1.29 is 0 Å². The van der Waals surface area contributed by atoms with Crippen molar-refractivity contribution >= 4 is 90.6 Å². The van der Waals surface area contributed by atoms with Crippen LogP contribution in [-0.2, 0) is 0 Å². The summed E-state index contributed by atoms with van der Waals surface area (Å²) < 4.78 is 7.41. The Labute approximate surface area is 253 Å². The van der Waals surface area contributed by atoms with E-state index < -0.39 is 0 Å². The minimum Gasteiger partial charge on any atom is -0.275 e. The van der Waals surface area contributed by atoms with Crippen LogP contribution in [0.5, 0.6) is 0 Å². The van der Waals surface area contributed by atoms with Crippen LogP contribution in [0.25, 0.3) is 90.4 Å². The molecule has 43 heavy (non-hydrogen) atoms. The summed E-state index contributed by atoms with van der Waals surface area (Å²) in [5.74, 6) is 0. The van der Waals surface area contributed by atoms with E-state index in [0.29, 0.717) is 0 Å². The summed E-state index contributed by atoms with van der Waals surface area (Å²) in [7, 11) is 0. The van der Waals surface area contributed by atoms with Crippen LogP contribution in [0.3, 0.4) is 0 Å². The molecule has 0 atom stereocenters. The van der Waals surface area contributed by atoms with E-state index in [1.807, 2.05) is 47.2 Å². The topological polar surface area (TPSA) is 43.1 Å². The molecule has 6 heterocycles. The first-order chi connectivity index (χ1) is 21.3. The van der Waals surface area contributed by atoms with Crippen molar-refractivity contribution in [2.75, 3.05) is 0 Å². The van der Waals surface area contributed by atoms with E-state index in [4.69, 9.17) is 15.0 Å². The Morgan fingerprint density at radius 1 is 0.465 bits per heavy atom. The highest BCUT2D eigenvalue weighted by Crippen LogP contribution is 2.43. The van der Waals surface area contributed by atoms with Crippen LogP contribution in [-0.4, -0.2) is 19.4 Å². The number of aromatic nitrogens is 4. The first-order valence-corrected chi connectivity index (χ1v) is 15.8. The Hall–Kier alpha value is -5.17. The third kappa shape index (κ3) is 3.27. The van der Waals surface area contributed by atoms with Gasteiger partial charge in [-0.05, 0) is 60.7 Å². The van der Waals surface area contributed by atoms with Crippen molar-refractivity contribution in [1.29, 1.82) is 0 Å². The van der Waals surface area contributed by atoms with Gasteiger partial charge in [0.25, 0.3) is 0 Å². The van der Waals surface area contributed by atoms with Crippen LogP contribution in [0.2, 0.25) is 0 Å². The molecule has 0 amide bonds. The average molecular weight is 585 g/mol. The number of pyridine rings is 3. The zero-order valence-corrected chi connectivity index (χ0v) is 24.3. The molecular weight excluding hydrogens is 565 g/mol. The summed E-state index contributed by atoms with van der Waals surface area (Å²) in [6.45, 7) is 0. The zero-order chi connectivity index (χ0) is 28.1. The number of rotatable bonds is 2. The summed E-state index contributed by atoms with van der Waals surface area (Å²) >= 11 is 3.67. The molecule has 4 nitrogen and oxygen atoms in total. The van der Waals surface area contributed by atoms with Gasteiger partial charge in [0.15, 0.2) is 0 Å². The van der Waals surface area contributed by atoms with E-state index in [-0.39, 0.29) is 0 Å². The summed E-state index contributed by atoms with van der Waals surface area (Å²) in [5, 5.41) is 7.11. The molecule has 10 rings (SSSR count). The molecule has 0 aliphatic rings. The van der Waals surface area contributed by atoms with Crippen LogP contribution < -0.4 is 0 Å². The van der Waals surface area contributed by atoms with E-state index in [0.717, 1.165) is 50.1 Å². The van der Waals surface area contributed by atoms with Gasteiger partial charge in [0.05, 0.1) is 16.9 Å². The standard InChI is InChI=1S/C37H20N4S2/c1-3-11-29-23(7-1)27-19-21(13-15-31(27)42-29)33-35(22-14-16-32-28(20-22)24-8-2-4-12-30(24)43-32)41-36-25(9-6-18-39-36)34-26(37(41)40-33)10-5-17-38-34/h1-20H. The predicted molar refractivity (Wildman–Crippen MR) is 182 cm³/mol. The Morgan fingerprint density at radius 2 is 1.02 bits per heavy atom. The lowest BCUT2D eigenvalue weighted by Gasteiger charge is -2.10. The summed E-state index contributed by atoms with van der Waals surface area (Å²) in [5.41, 5.74) is 6.83. The van der Waals surface area contributed by atoms with E-state index in [1.54, 1.807) is 0 Å². The fourth-order valence-electron chi connectivity index (χ4n) is 6.58. The van der Waals surface area contributed by atoms with E-state index >= 15 is 0 Å². The molecule has 200 valence electrons. The third-order valence-corrected chi connectivity index (χ3v) is 10.8. The summed E-state index contributed by atoms with van der Waals surface area (Å²) in [6.07, 6.45) is 3.71. The minimum atomic E-state index is 0.856. The quantitative estimate of drug-likeness (QED) is 0.190. The van der Waals surface area contributed by atoms with Crippen LogP contribution in [0.15, 0.2) is 122 Å². The van der Waals surface area contributed by atoms with Crippen LogP contribution in [0, 0.1) is 0 Å². The number of benzene rings is 4. The first kappa shape index (κ1) is 23.4. The molecule has 0 spiro atoms. The smallest absolute Gasteiger partial charge is 0.149 e. The van der Waals surface area contributed by atoms with Gasteiger partial charge in [0.2, 0.25) is 0 Å². The van der Waals surface area contributed by atoms with Gasteiger partial charge in [-0.3, -0.25) is 9.38 Å². The van der Waals surface area contributed by atoms with Crippen molar-refractivity contribution in [1.82, 2.24) is 19.4 Å².